The van der Waals surface area contributed by atoms with Gasteiger partial charge in [-0.1, -0.05) is 31.5 Å². The number of hydrogen-bond donors (Lipinski definition) is 1. The second-order valence-electron chi connectivity index (χ2n) is 4.90. The van der Waals surface area contributed by atoms with Gasteiger partial charge in [0.15, 0.2) is 0 Å². The second-order valence-corrected chi connectivity index (χ2v) is 5.31. The van der Waals surface area contributed by atoms with Crippen LogP contribution < -0.4 is 10.1 Å². The third-order valence-electron chi connectivity index (χ3n) is 2.57. The maximum atomic E-state index is 8.44. The van der Waals surface area contributed by atoms with Crippen molar-refractivity contribution in [1.29, 1.82) is 5.26 Å². The van der Waals surface area contributed by atoms with Gasteiger partial charge >= 0.3 is 0 Å². The van der Waals surface area contributed by atoms with Gasteiger partial charge in [0.05, 0.1) is 17.7 Å². The molecule has 0 atom stereocenters. The maximum absolute atomic E-state index is 8.44. The highest BCUT2D eigenvalue weighted by Gasteiger charge is 2.03. The predicted molar refractivity (Wildman–Crippen MR) is 78.3 cm³/mol. The van der Waals surface area contributed by atoms with Crippen molar-refractivity contribution >= 4 is 11.6 Å². The van der Waals surface area contributed by atoms with E-state index in [9.17, 15) is 0 Å². The molecule has 0 aliphatic rings. The van der Waals surface area contributed by atoms with Gasteiger partial charge in [-0.3, -0.25) is 0 Å². The van der Waals surface area contributed by atoms with Crippen LogP contribution in [0, 0.1) is 17.2 Å². The summed E-state index contributed by atoms with van der Waals surface area (Å²) in [5, 5.41) is 12.4. The monoisotopic (exact) mass is 280 g/mol. The second kappa shape index (κ2) is 8.79. The molecule has 1 rings (SSSR count). The third-order valence-corrected chi connectivity index (χ3v) is 2.86. The fourth-order valence-corrected chi connectivity index (χ4v) is 1.87. The molecule has 0 spiro atoms. The molecule has 0 radical (unpaired) electrons. The molecule has 1 aromatic rings. The lowest BCUT2D eigenvalue weighted by Gasteiger charge is -2.10. The summed E-state index contributed by atoms with van der Waals surface area (Å²) in [6.45, 7) is 6.69. The molecule has 0 aromatic heterocycles. The van der Waals surface area contributed by atoms with Crippen molar-refractivity contribution in [3.05, 3.63) is 28.8 Å². The molecular formula is C15H21ClN2O. The van der Waals surface area contributed by atoms with Gasteiger partial charge in [0.2, 0.25) is 0 Å². The first-order chi connectivity index (χ1) is 9.13. The van der Waals surface area contributed by atoms with E-state index < -0.39 is 0 Å². The minimum absolute atomic E-state index is 0.509. The summed E-state index contributed by atoms with van der Waals surface area (Å²) < 4.78 is 5.53. The molecule has 0 unspecified atom stereocenters. The fraction of sp³-hybridized carbons (Fsp3) is 0.533. The molecule has 0 saturated heterocycles. The van der Waals surface area contributed by atoms with E-state index in [2.05, 4.69) is 25.2 Å². The van der Waals surface area contributed by atoms with Gasteiger partial charge in [0.25, 0.3) is 0 Å². The van der Waals surface area contributed by atoms with E-state index in [1.807, 2.05) is 18.2 Å². The number of hydrogen-bond acceptors (Lipinski definition) is 3. The van der Waals surface area contributed by atoms with Gasteiger partial charge in [-0.05, 0) is 36.6 Å². The average molecular weight is 281 g/mol. The zero-order chi connectivity index (χ0) is 14.1. The Morgan fingerprint density at radius 3 is 2.84 bits per heavy atom. The molecule has 4 heteroatoms. The van der Waals surface area contributed by atoms with E-state index in [0.717, 1.165) is 25.1 Å². The van der Waals surface area contributed by atoms with Gasteiger partial charge in [-0.2, -0.15) is 5.26 Å². The van der Waals surface area contributed by atoms with Gasteiger partial charge < -0.3 is 10.1 Å². The lowest BCUT2D eigenvalue weighted by molar-refractivity contribution is 0.313. The van der Waals surface area contributed by atoms with Crippen LogP contribution in [0.5, 0.6) is 5.75 Å². The largest absolute Gasteiger partial charge is 0.492 e. The first-order valence-electron chi connectivity index (χ1n) is 6.62. The van der Waals surface area contributed by atoms with Crippen LogP contribution >= 0.6 is 11.6 Å². The van der Waals surface area contributed by atoms with E-state index in [1.165, 1.54) is 0 Å². The van der Waals surface area contributed by atoms with Crippen molar-refractivity contribution in [2.24, 2.45) is 5.92 Å². The van der Waals surface area contributed by atoms with Crippen molar-refractivity contribution in [2.75, 3.05) is 13.2 Å². The zero-order valence-electron chi connectivity index (χ0n) is 11.6. The summed E-state index contributed by atoms with van der Waals surface area (Å²) in [6, 6.07) is 7.92. The molecule has 0 heterocycles. The Labute approximate surface area is 120 Å². The predicted octanol–water partition coefficient (Wildman–Crippen LogP) is 3.77. The molecule has 0 fully saturated rings. The third kappa shape index (κ3) is 6.47. The van der Waals surface area contributed by atoms with E-state index >= 15 is 0 Å². The summed E-state index contributed by atoms with van der Waals surface area (Å²) in [5.74, 6) is 1.32. The van der Waals surface area contributed by atoms with E-state index in [4.69, 9.17) is 21.6 Å². The molecule has 0 bridgehead atoms. The number of benzene rings is 1. The highest BCUT2D eigenvalue weighted by Crippen LogP contribution is 2.25. The molecule has 1 aromatic carbocycles. The van der Waals surface area contributed by atoms with E-state index in [1.54, 1.807) is 0 Å². The maximum Gasteiger partial charge on any atom is 0.137 e. The van der Waals surface area contributed by atoms with Gasteiger partial charge in [-0.15, -0.1) is 0 Å². The van der Waals surface area contributed by atoms with E-state index in [-0.39, 0.29) is 0 Å². The van der Waals surface area contributed by atoms with Gasteiger partial charge in [-0.25, -0.2) is 0 Å². The molecule has 1 N–H and O–H groups in total. The molecule has 0 aliphatic heterocycles. The number of nitrogens with zero attached hydrogens (tertiary/aromatic N) is 1. The highest BCUT2D eigenvalue weighted by molar-refractivity contribution is 6.32. The number of rotatable bonds is 8. The Hall–Kier alpha value is -1.24. The van der Waals surface area contributed by atoms with Crippen molar-refractivity contribution < 1.29 is 4.74 Å². The first kappa shape index (κ1) is 15.8. The van der Waals surface area contributed by atoms with Gasteiger partial charge in [0, 0.05) is 13.0 Å². The molecule has 104 valence electrons. The minimum Gasteiger partial charge on any atom is -0.492 e. The Morgan fingerprint density at radius 2 is 2.21 bits per heavy atom. The highest BCUT2D eigenvalue weighted by atomic mass is 35.5. The number of unbranched alkanes of at least 4 members (excludes halogenated alkanes) is 1. The summed E-state index contributed by atoms with van der Waals surface area (Å²) >= 11 is 6.17. The summed E-state index contributed by atoms with van der Waals surface area (Å²) in [6.07, 6.45) is 1.24. The first-order valence-corrected chi connectivity index (χ1v) is 7.00. The normalized spacial score (nSPS) is 10.5. The molecule has 19 heavy (non-hydrogen) atoms. The van der Waals surface area contributed by atoms with Crippen LogP contribution in [0.1, 0.15) is 32.3 Å². The Balaban J connectivity index is 2.43. The average Bonchev–Trinajstić information content (AvgIpc) is 2.36. The summed E-state index contributed by atoms with van der Waals surface area (Å²) in [5.41, 5.74) is 1.15. The van der Waals surface area contributed by atoms with Crippen LogP contribution in [0.25, 0.3) is 0 Å². The van der Waals surface area contributed by atoms with Crippen molar-refractivity contribution in [3.63, 3.8) is 0 Å². The van der Waals surface area contributed by atoms with E-state index in [0.29, 0.717) is 29.7 Å². The molecule has 0 aliphatic carbocycles. The van der Waals surface area contributed by atoms with Crippen LogP contribution in [-0.4, -0.2) is 13.2 Å². The lowest BCUT2D eigenvalue weighted by Crippen LogP contribution is -2.18. The Bertz CT molecular complexity index is 427. The SMILES string of the molecule is CC(C)CNCc1ccc(OCCCC#N)c(Cl)c1. The smallest absolute Gasteiger partial charge is 0.137 e. The Morgan fingerprint density at radius 1 is 1.42 bits per heavy atom. The molecule has 0 saturated carbocycles. The van der Waals surface area contributed by atoms with Crippen LogP contribution in [0.15, 0.2) is 18.2 Å². The molecular weight excluding hydrogens is 260 g/mol. The van der Waals surface area contributed by atoms with Crippen LogP contribution in [-0.2, 0) is 6.54 Å². The summed E-state index contributed by atoms with van der Waals surface area (Å²) in [4.78, 5) is 0. The van der Waals surface area contributed by atoms with Crippen LogP contribution in [0.4, 0.5) is 0 Å². The minimum atomic E-state index is 0.509. The Kier molecular flexibility index (Phi) is 7.32. The summed E-state index contributed by atoms with van der Waals surface area (Å²) in [7, 11) is 0. The fourth-order valence-electron chi connectivity index (χ4n) is 1.61. The zero-order valence-corrected chi connectivity index (χ0v) is 12.3. The standard InChI is InChI=1S/C15H21ClN2O/c1-12(2)10-18-11-13-5-6-15(14(16)9-13)19-8-4-3-7-17/h5-6,9,12,18H,3-4,8,10-11H2,1-2H3. The van der Waals surface area contributed by atoms with Crippen LogP contribution in [0.2, 0.25) is 5.02 Å². The number of nitriles is 1. The number of ether oxygens (including phenoxy) is 1. The number of nitrogens with one attached hydrogen (secondary N) is 1. The number of halogens is 1. The van der Waals surface area contributed by atoms with Crippen molar-refractivity contribution in [2.45, 2.75) is 33.2 Å². The van der Waals surface area contributed by atoms with Crippen LogP contribution in [0.3, 0.4) is 0 Å². The van der Waals surface area contributed by atoms with Crippen molar-refractivity contribution in [3.8, 4) is 11.8 Å². The van der Waals surface area contributed by atoms with Crippen molar-refractivity contribution in [1.82, 2.24) is 5.32 Å². The molecule has 0 amide bonds. The van der Waals surface area contributed by atoms with Gasteiger partial charge in [0.1, 0.15) is 5.75 Å². The molecule has 3 nitrogen and oxygen atoms in total. The topological polar surface area (TPSA) is 45.0 Å². The lowest BCUT2D eigenvalue weighted by atomic mass is 10.2. The quantitative estimate of drug-likeness (QED) is 0.737.